The van der Waals surface area contributed by atoms with Crippen LogP contribution in [0, 0.1) is 0 Å². The van der Waals surface area contributed by atoms with Crippen LogP contribution >= 0.6 is 0 Å². The molecule has 1 heterocycles. The zero-order valence-corrected chi connectivity index (χ0v) is 9.46. The summed E-state index contributed by atoms with van der Waals surface area (Å²) in [7, 11) is 0. The summed E-state index contributed by atoms with van der Waals surface area (Å²) in [5.41, 5.74) is 5.52. The Morgan fingerprint density at radius 1 is 1.18 bits per heavy atom. The maximum absolute atomic E-state index is 5.56. The Morgan fingerprint density at radius 3 is 2.65 bits per heavy atom. The highest BCUT2D eigenvalue weighted by atomic mass is 16.5. The van der Waals surface area contributed by atoms with E-state index in [-0.39, 0.29) is 0 Å². The molecule has 88 valence electrons. The molecule has 0 atom stereocenters. The lowest BCUT2D eigenvalue weighted by atomic mass is 10.3. The highest BCUT2D eigenvalue weighted by molar-refractivity contribution is 5.41. The van der Waals surface area contributed by atoms with Crippen molar-refractivity contribution in [3.63, 3.8) is 0 Å². The van der Waals surface area contributed by atoms with Crippen molar-refractivity contribution in [1.29, 1.82) is 0 Å². The predicted octanol–water partition coefficient (Wildman–Crippen LogP) is 2.25. The van der Waals surface area contributed by atoms with Gasteiger partial charge in [0.05, 0.1) is 19.0 Å². The normalized spacial score (nSPS) is 9.94. The van der Waals surface area contributed by atoms with E-state index in [9.17, 15) is 0 Å². The van der Waals surface area contributed by atoms with Crippen LogP contribution in [0.25, 0.3) is 0 Å². The first-order chi connectivity index (χ1) is 8.29. The van der Waals surface area contributed by atoms with Crippen molar-refractivity contribution in [2.75, 3.05) is 12.3 Å². The molecule has 0 aliphatic carbocycles. The number of ether oxygens (including phenoxy) is 2. The SMILES string of the molecule is CCOc1ccccc1Oc1cncc(N)n1. The molecule has 0 fully saturated rings. The summed E-state index contributed by atoms with van der Waals surface area (Å²) in [4.78, 5) is 7.91. The fourth-order valence-electron chi connectivity index (χ4n) is 1.33. The van der Waals surface area contributed by atoms with Gasteiger partial charge in [-0.05, 0) is 19.1 Å². The minimum Gasteiger partial charge on any atom is -0.490 e. The van der Waals surface area contributed by atoms with Crippen LogP contribution in [-0.2, 0) is 0 Å². The summed E-state index contributed by atoms with van der Waals surface area (Å²) in [5.74, 6) is 1.92. The van der Waals surface area contributed by atoms with Crippen LogP contribution in [0.3, 0.4) is 0 Å². The molecule has 0 saturated heterocycles. The molecule has 0 amide bonds. The summed E-state index contributed by atoms with van der Waals surface area (Å²) in [6.45, 7) is 2.49. The van der Waals surface area contributed by atoms with E-state index in [0.29, 0.717) is 29.8 Å². The fourth-order valence-corrected chi connectivity index (χ4v) is 1.33. The lowest BCUT2D eigenvalue weighted by Gasteiger charge is -2.10. The van der Waals surface area contributed by atoms with Crippen molar-refractivity contribution in [2.45, 2.75) is 6.92 Å². The zero-order chi connectivity index (χ0) is 12.1. The summed E-state index contributed by atoms with van der Waals surface area (Å²) in [6.07, 6.45) is 2.96. The van der Waals surface area contributed by atoms with Crippen LogP contribution in [0.5, 0.6) is 17.4 Å². The van der Waals surface area contributed by atoms with Crippen molar-refractivity contribution in [2.24, 2.45) is 0 Å². The molecular formula is C12H13N3O2. The predicted molar refractivity (Wildman–Crippen MR) is 64.1 cm³/mol. The number of aromatic nitrogens is 2. The number of para-hydroxylation sites is 2. The van der Waals surface area contributed by atoms with Crippen LogP contribution in [0.1, 0.15) is 6.92 Å². The molecule has 1 aromatic carbocycles. The largest absolute Gasteiger partial charge is 0.490 e. The van der Waals surface area contributed by atoms with Gasteiger partial charge >= 0.3 is 0 Å². The lowest BCUT2D eigenvalue weighted by Crippen LogP contribution is -1.97. The summed E-state index contributed by atoms with van der Waals surface area (Å²) in [5, 5.41) is 0. The maximum Gasteiger partial charge on any atom is 0.239 e. The number of hydrogen-bond donors (Lipinski definition) is 1. The van der Waals surface area contributed by atoms with E-state index in [1.807, 2.05) is 25.1 Å². The topological polar surface area (TPSA) is 70.3 Å². The Morgan fingerprint density at radius 2 is 1.94 bits per heavy atom. The van der Waals surface area contributed by atoms with Crippen molar-refractivity contribution in [3.8, 4) is 17.4 Å². The Kier molecular flexibility index (Phi) is 3.40. The molecule has 2 rings (SSSR count). The van der Waals surface area contributed by atoms with Gasteiger partial charge in [0.1, 0.15) is 5.82 Å². The third kappa shape index (κ3) is 2.84. The molecule has 2 N–H and O–H groups in total. The van der Waals surface area contributed by atoms with Gasteiger partial charge in [-0.15, -0.1) is 0 Å². The van der Waals surface area contributed by atoms with Gasteiger partial charge in [0, 0.05) is 0 Å². The molecular weight excluding hydrogens is 218 g/mol. The number of nitrogens with two attached hydrogens (primary N) is 1. The average Bonchev–Trinajstić information content (AvgIpc) is 2.32. The second kappa shape index (κ2) is 5.16. The summed E-state index contributed by atoms with van der Waals surface area (Å²) in [6, 6.07) is 7.37. The molecule has 1 aromatic heterocycles. The Hall–Kier alpha value is -2.30. The van der Waals surface area contributed by atoms with Gasteiger partial charge in [0.25, 0.3) is 0 Å². The zero-order valence-electron chi connectivity index (χ0n) is 9.46. The number of benzene rings is 1. The number of nitrogens with zero attached hydrogens (tertiary/aromatic N) is 2. The smallest absolute Gasteiger partial charge is 0.239 e. The maximum atomic E-state index is 5.56. The van der Waals surface area contributed by atoms with Crippen LogP contribution in [-0.4, -0.2) is 16.6 Å². The molecule has 0 unspecified atom stereocenters. The highest BCUT2D eigenvalue weighted by Gasteiger charge is 2.06. The molecule has 0 aliphatic rings. The third-order valence-corrected chi connectivity index (χ3v) is 1.99. The number of anilines is 1. The van der Waals surface area contributed by atoms with E-state index in [2.05, 4.69) is 9.97 Å². The second-order valence-corrected chi connectivity index (χ2v) is 3.26. The van der Waals surface area contributed by atoms with Crippen molar-refractivity contribution >= 4 is 5.82 Å². The van der Waals surface area contributed by atoms with E-state index in [4.69, 9.17) is 15.2 Å². The standard InChI is InChI=1S/C12H13N3O2/c1-2-16-9-5-3-4-6-10(9)17-12-8-14-7-11(13)15-12/h3-8H,2H2,1H3,(H2,13,15). The van der Waals surface area contributed by atoms with Crippen molar-refractivity contribution in [1.82, 2.24) is 9.97 Å². The fraction of sp³-hybridized carbons (Fsp3) is 0.167. The van der Waals surface area contributed by atoms with E-state index >= 15 is 0 Å². The summed E-state index contributed by atoms with van der Waals surface area (Å²) >= 11 is 0. The first-order valence-corrected chi connectivity index (χ1v) is 5.27. The number of nitrogen functional groups attached to an aromatic ring is 1. The quantitative estimate of drug-likeness (QED) is 0.873. The summed E-state index contributed by atoms with van der Waals surface area (Å²) < 4.78 is 11.0. The molecule has 2 aromatic rings. The molecule has 0 saturated carbocycles. The Labute approximate surface area is 99.2 Å². The van der Waals surface area contributed by atoms with Gasteiger partial charge in [-0.2, -0.15) is 4.98 Å². The molecule has 0 aliphatic heterocycles. The van der Waals surface area contributed by atoms with Gasteiger partial charge in [-0.3, -0.25) is 4.98 Å². The van der Waals surface area contributed by atoms with Gasteiger partial charge < -0.3 is 15.2 Å². The average molecular weight is 231 g/mol. The molecule has 5 nitrogen and oxygen atoms in total. The first kappa shape index (κ1) is 11.2. The van der Waals surface area contributed by atoms with Crippen LogP contribution in [0.4, 0.5) is 5.82 Å². The molecule has 0 radical (unpaired) electrons. The Bertz CT molecular complexity index is 503. The van der Waals surface area contributed by atoms with Crippen molar-refractivity contribution < 1.29 is 9.47 Å². The van der Waals surface area contributed by atoms with Crippen LogP contribution in [0.15, 0.2) is 36.7 Å². The van der Waals surface area contributed by atoms with Gasteiger partial charge in [-0.1, -0.05) is 12.1 Å². The molecule has 0 spiro atoms. The minimum absolute atomic E-state index is 0.316. The first-order valence-electron chi connectivity index (χ1n) is 5.27. The number of rotatable bonds is 4. The lowest BCUT2D eigenvalue weighted by molar-refractivity contribution is 0.319. The van der Waals surface area contributed by atoms with Crippen LogP contribution in [0.2, 0.25) is 0 Å². The van der Waals surface area contributed by atoms with Crippen LogP contribution < -0.4 is 15.2 Å². The molecule has 17 heavy (non-hydrogen) atoms. The van der Waals surface area contributed by atoms with E-state index < -0.39 is 0 Å². The van der Waals surface area contributed by atoms with E-state index in [1.54, 1.807) is 6.07 Å². The van der Waals surface area contributed by atoms with E-state index in [0.717, 1.165) is 0 Å². The highest BCUT2D eigenvalue weighted by Crippen LogP contribution is 2.30. The monoisotopic (exact) mass is 231 g/mol. The van der Waals surface area contributed by atoms with Gasteiger partial charge in [-0.25, -0.2) is 0 Å². The van der Waals surface area contributed by atoms with Gasteiger partial charge in [0.2, 0.25) is 5.88 Å². The van der Waals surface area contributed by atoms with E-state index in [1.165, 1.54) is 12.4 Å². The second-order valence-electron chi connectivity index (χ2n) is 3.26. The number of hydrogen-bond acceptors (Lipinski definition) is 5. The molecule has 0 bridgehead atoms. The van der Waals surface area contributed by atoms with Gasteiger partial charge in [0.15, 0.2) is 11.5 Å². The molecule has 5 heteroatoms. The third-order valence-electron chi connectivity index (χ3n) is 1.99. The Balaban J connectivity index is 2.23. The van der Waals surface area contributed by atoms with Crippen molar-refractivity contribution in [3.05, 3.63) is 36.7 Å². The minimum atomic E-state index is 0.316.